The number of methoxy groups -OCH3 is 2. The van der Waals surface area contributed by atoms with Crippen molar-refractivity contribution >= 4 is 46.8 Å². The monoisotopic (exact) mass is 710 g/mol. The molecule has 10 nitrogen and oxygen atoms in total. The van der Waals surface area contributed by atoms with Gasteiger partial charge in [0.25, 0.3) is 10.5 Å². The van der Waals surface area contributed by atoms with Crippen LogP contribution in [0.5, 0.6) is 0 Å². The average molecular weight is 711 g/mol. The zero-order valence-corrected chi connectivity index (χ0v) is 31.8. The van der Waals surface area contributed by atoms with Crippen LogP contribution in [0.3, 0.4) is 0 Å². The molecule has 0 unspecified atom stereocenters. The van der Waals surface area contributed by atoms with Crippen LogP contribution in [0.25, 0.3) is 0 Å². The number of ether oxygens (including phenoxy) is 2. The lowest BCUT2D eigenvalue weighted by atomic mass is 10.1. The molecule has 0 spiro atoms. The van der Waals surface area contributed by atoms with E-state index in [2.05, 4.69) is 0 Å². The van der Waals surface area contributed by atoms with Gasteiger partial charge < -0.3 is 29.1 Å². The van der Waals surface area contributed by atoms with Gasteiger partial charge in [0.15, 0.2) is 0 Å². The summed E-state index contributed by atoms with van der Waals surface area (Å²) in [6, 6.07) is 0. The van der Waals surface area contributed by atoms with Crippen molar-refractivity contribution in [1.82, 2.24) is 19.6 Å². The molecule has 2 aliphatic heterocycles. The van der Waals surface area contributed by atoms with Crippen LogP contribution in [0.2, 0.25) is 0 Å². The number of nitrogens with zero attached hydrogens (tertiary/aromatic N) is 4. The molecule has 0 aromatic heterocycles. The second-order valence-corrected chi connectivity index (χ2v) is 14.9. The quantitative estimate of drug-likeness (QED) is 0.0690. The first kappa shape index (κ1) is 42.1. The van der Waals surface area contributed by atoms with Gasteiger partial charge in [-0.25, -0.2) is 0 Å². The standard InChI is InChI=1S/C36H62N4O6S2/c1-31(33(19-27-45-3)47-35(43)37-21-15-16-22-37)39(29-41)25-13-11-9-7-5-6-8-10-12-14-26-40(30-42)32(2)34(20-28-46-4)48-36(44)38-23-17-18-24-38/h29-30H,5-28H2,1-4H3/b33-31-,34-32-. The minimum atomic E-state index is 0.0721. The summed E-state index contributed by atoms with van der Waals surface area (Å²) in [4.78, 5) is 58.5. The third-order valence-corrected chi connectivity index (χ3v) is 11.5. The van der Waals surface area contributed by atoms with Crippen molar-refractivity contribution < 1.29 is 28.7 Å². The number of amides is 4. The molecule has 274 valence electrons. The number of thioether (sulfide) groups is 2. The maximum atomic E-state index is 12.7. The van der Waals surface area contributed by atoms with Gasteiger partial charge >= 0.3 is 0 Å². The number of carbonyl (C=O) groups is 4. The van der Waals surface area contributed by atoms with Gasteiger partial charge in [-0.1, -0.05) is 51.4 Å². The van der Waals surface area contributed by atoms with Crippen LogP contribution >= 0.6 is 23.5 Å². The molecule has 0 aliphatic carbocycles. The summed E-state index contributed by atoms with van der Waals surface area (Å²) in [5.74, 6) is 0. The largest absolute Gasteiger partial charge is 0.384 e. The molecule has 0 bridgehead atoms. The highest BCUT2D eigenvalue weighted by Crippen LogP contribution is 2.31. The van der Waals surface area contributed by atoms with E-state index in [1.54, 1.807) is 24.0 Å². The lowest BCUT2D eigenvalue weighted by Gasteiger charge is -2.23. The fourth-order valence-electron chi connectivity index (χ4n) is 6.04. The van der Waals surface area contributed by atoms with Crippen LogP contribution in [0.15, 0.2) is 21.2 Å². The van der Waals surface area contributed by atoms with Gasteiger partial charge in [0, 0.05) is 87.5 Å². The molecule has 0 aromatic carbocycles. The molecular weight excluding hydrogens is 649 g/mol. The normalized spacial score (nSPS) is 15.8. The number of hydrogen-bond acceptors (Lipinski definition) is 8. The molecule has 0 saturated carbocycles. The summed E-state index contributed by atoms with van der Waals surface area (Å²) >= 11 is 2.51. The third kappa shape index (κ3) is 16.1. The highest BCUT2D eigenvalue weighted by atomic mass is 32.2. The average Bonchev–Trinajstić information content (AvgIpc) is 3.84. The molecule has 0 atom stereocenters. The smallest absolute Gasteiger partial charge is 0.286 e. The molecule has 2 rings (SSSR count). The van der Waals surface area contributed by atoms with Crippen molar-refractivity contribution in [3.8, 4) is 0 Å². The summed E-state index contributed by atoms with van der Waals surface area (Å²) in [6.07, 6.45) is 18.4. The minimum Gasteiger partial charge on any atom is -0.384 e. The highest BCUT2D eigenvalue weighted by Gasteiger charge is 2.23. The van der Waals surface area contributed by atoms with Crippen LogP contribution < -0.4 is 0 Å². The molecule has 0 aromatic rings. The van der Waals surface area contributed by atoms with Crippen molar-refractivity contribution in [2.24, 2.45) is 0 Å². The lowest BCUT2D eigenvalue weighted by Crippen LogP contribution is -2.25. The summed E-state index contributed by atoms with van der Waals surface area (Å²) in [5.41, 5.74) is 1.72. The Bertz CT molecular complexity index is 948. The summed E-state index contributed by atoms with van der Waals surface area (Å²) in [7, 11) is 3.31. The highest BCUT2D eigenvalue weighted by molar-refractivity contribution is 8.17. The minimum absolute atomic E-state index is 0.0721. The lowest BCUT2D eigenvalue weighted by molar-refractivity contribution is -0.117. The molecule has 2 heterocycles. The summed E-state index contributed by atoms with van der Waals surface area (Å²) in [6.45, 7) is 9.52. The second-order valence-electron chi connectivity index (χ2n) is 12.8. The summed E-state index contributed by atoms with van der Waals surface area (Å²) in [5, 5.41) is 0.144. The van der Waals surface area contributed by atoms with E-state index in [-0.39, 0.29) is 10.5 Å². The Morgan fingerprint density at radius 2 is 0.896 bits per heavy atom. The fraction of sp³-hybridized carbons (Fsp3) is 0.778. The van der Waals surface area contributed by atoms with E-state index in [1.165, 1.54) is 49.2 Å². The summed E-state index contributed by atoms with van der Waals surface area (Å²) < 4.78 is 10.5. The van der Waals surface area contributed by atoms with E-state index < -0.39 is 0 Å². The number of rotatable bonds is 25. The first-order valence-corrected chi connectivity index (χ1v) is 19.7. The number of likely N-dealkylation sites (tertiary alicyclic amines) is 2. The fourth-order valence-corrected chi connectivity index (χ4v) is 7.98. The van der Waals surface area contributed by atoms with E-state index in [0.29, 0.717) is 39.1 Å². The molecule has 0 N–H and O–H groups in total. The van der Waals surface area contributed by atoms with Crippen LogP contribution in [-0.2, 0) is 19.1 Å². The SMILES string of the molecule is COCC/C(SC(=O)N1CCCC1)=C(\C)N(C=O)CCCCCCCCCCCCN(C=O)/C(C)=C(/CCOC)SC(=O)N1CCCC1. The van der Waals surface area contributed by atoms with Gasteiger partial charge in [-0.05, 0) is 75.9 Å². The Hall–Kier alpha value is -2.02. The van der Waals surface area contributed by atoms with E-state index in [1.807, 2.05) is 23.6 Å². The van der Waals surface area contributed by atoms with Crippen molar-refractivity contribution in [1.29, 1.82) is 0 Å². The van der Waals surface area contributed by atoms with Gasteiger partial charge in [-0.3, -0.25) is 19.2 Å². The Balaban J connectivity index is 1.63. The van der Waals surface area contributed by atoms with Crippen molar-refractivity contribution in [3.05, 3.63) is 21.2 Å². The number of hydrogen-bond donors (Lipinski definition) is 0. The van der Waals surface area contributed by atoms with Gasteiger partial charge in [-0.15, -0.1) is 0 Å². The number of carbonyl (C=O) groups excluding carboxylic acids is 4. The molecule has 12 heteroatoms. The van der Waals surface area contributed by atoms with Crippen molar-refractivity contribution in [2.75, 3.05) is 66.7 Å². The molecule has 2 aliphatic rings. The number of allylic oxidation sites excluding steroid dienone is 2. The molecule has 4 amide bonds. The molecule has 2 fully saturated rings. The molecule has 2 saturated heterocycles. The molecule has 0 radical (unpaired) electrons. The predicted molar refractivity (Wildman–Crippen MR) is 198 cm³/mol. The zero-order valence-electron chi connectivity index (χ0n) is 30.2. The van der Waals surface area contributed by atoms with Crippen LogP contribution in [-0.4, -0.2) is 110 Å². The van der Waals surface area contributed by atoms with Crippen LogP contribution in [0.4, 0.5) is 9.59 Å². The van der Waals surface area contributed by atoms with Gasteiger partial charge in [0.05, 0.1) is 13.2 Å². The maximum Gasteiger partial charge on any atom is 0.286 e. The van der Waals surface area contributed by atoms with Gasteiger partial charge in [0.1, 0.15) is 0 Å². The van der Waals surface area contributed by atoms with Crippen LogP contribution in [0, 0.1) is 0 Å². The van der Waals surface area contributed by atoms with E-state index >= 15 is 0 Å². The molecule has 48 heavy (non-hydrogen) atoms. The van der Waals surface area contributed by atoms with Gasteiger partial charge in [0.2, 0.25) is 12.8 Å². The van der Waals surface area contributed by atoms with Crippen LogP contribution in [0.1, 0.15) is 117 Å². The molecular formula is C36H62N4O6S2. The Kier molecular flexibility index (Phi) is 22.7. The number of unbranched alkanes of at least 4 members (excludes halogenated alkanes) is 9. The van der Waals surface area contributed by atoms with E-state index in [9.17, 15) is 19.2 Å². The first-order valence-electron chi connectivity index (χ1n) is 18.1. The third-order valence-electron chi connectivity index (χ3n) is 9.19. The predicted octanol–water partition coefficient (Wildman–Crippen LogP) is 8.24. The Labute approximate surface area is 298 Å². The first-order chi connectivity index (χ1) is 23.4. The Morgan fingerprint density at radius 3 is 1.19 bits per heavy atom. The van der Waals surface area contributed by atoms with Gasteiger partial charge in [-0.2, -0.15) is 0 Å². The van der Waals surface area contributed by atoms with E-state index in [4.69, 9.17) is 9.47 Å². The van der Waals surface area contributed by atoms with Crippen molar-refractivity contribution in [3.63, 3.8) is 0 Å². The maximum absolute atomic E-state index is 12.7. The van der Waals surface area contributed by atoms with E-state index in [0.717, 1.165) is 124 Å². The van der Waals surface area contributed by atoms with Crippen molar-refractivity contribution in [2.45, 2.75) is 117 Å². The Morgan fingerprint density at radius 1 is 0.583 bits per heavy atom. The zero-order chi connectivity index (χ0) is 35.0. The topological polar surface area (TPSA) is 99.7 Å². The second kappa shape index (κ2) is 25.9.